The molecule has 1 atom stereocenters. The van der Waals surface area contributed by atoms with E-state index >= 15 is 0 Å². The van der Waals surface area contributed by atoms with Crippen LogP contribution < -0.4 is 0 Å². The Morgan fingerprint density at radius 1 is 1.28 bits per heavy atom. The van der Waals surface area contributed by atoms with Crippen LogP contribution in [-0.2, 0) is 4.74 Å². The standard InChI is InChI=1S/C20H25N3O2/c1-3-12-25-18-8-5-11-23(14-18)20(24)17-7-4-6-16(13-17)19-10-9-15(2)21-22-19/h4,6-7,9-10,13,18H,3,5,8,11-12,14H2,1-2H3/t18-/m0/s1. The van der Waals surface area contributed by atoms with Crippen LogP contribution in [0.1, 0.15) is 42.2 Å². The maximum Gasteiger partial charge on any atom is 0.253 e. The first-order valence-corrected chi connectivity index (χ1v) is 8.99. The molecule has 1 aromatic heterocycles. The molecule has 1 aliphatic heterocycles. The number of nitrogens with zero attached hydrogens (tertiary/aromatic N) is 3. The number of aromatic nitrogens is 2. The summed E-state index contributed by atoms with van der Waals surface area (Å²) in [7, 11) is 0. The predicted octanol–water partition coefficient (Wildman–Crippen LogP) is 3.48. The minimum Gasteiger partial charge on any atom is -0.376 e. The number of ether oxygens (including phenoxy) is 1. The van der Waals surface area contributed by atoms with E-state index in [1.54, 1.807) is 0 Å². The number of carbonyl (C=O) groups is 1. The van der Waals surface area contributed by atoms with Gasteiger partial charge in [-0.2, -0.15) is 10.2 Å². The quantitative estimate of drug-likeness (QED) is 0.837. The normalized spacial score (nSPS) is 17.5. The lowest BCUT2D eigenvalue weighted by Gasteiger charge is -2.32. The van der Waals surface area contributed by atoms with Crippen LogP contribution in [0.4, 0.5) is 0 Å². The third-order valence-electron chi connectivity index (χ3n) is 4.43. The molecule has 0 bridgehead atoms. The highest BCUT2D eigenvalue weighted by Crippen LogP contribution is 2.21. The fourth-order valence-electron chi connectivity index (χ4n) is 3.09. The number of aryl methyl sites for hydroxylation is 1. The highest BCUT2D eigenvalue weighted by molar-refractivity contribution is 5.95. The first kappa shape index (κ1) is 17.5. The fourth-order valence-corrected chi connectivity index (χ4v) is 3.09. The fraction of sp³-hybridized carbons (Fsp3) is 0.450. The maximum atomic E-state index is 12.9. The number of hydrogen-bond acceptors (Lipinski definition) is 4. The molecular weight excluding hydrogens is 314 g/mol. The minimum absolute atomic E-state index is 0.0618. The smallest absolute Gasteiger partial charge is 0.253 e. The second-order valence-electron chi connectivity index (χ2n) is 6.53. The van der Waals surface area contributed by atoms with E-state index in [1.807, 2.05) is 48.2 Å². The van der Waals surface area contributed by atoms with Gasteiger partial charge in [0.25, 0.3) is 5.91 Å². The lowest BCUT2D eigenvalue weighted by atomic mass is 10.0. The number of amides is 1. The Morgan fingerprint density at radius 3 is 2.92 bits per heavy atom. The maximum absolute atomic E-state index is 12.9. The van der Waals surface area contributed by atoms with E-state index in [1.165, 1.54) is 0 Å². The van der Waals surface area contributed by atoms with Gasteiger partial charge in [-0.3, -0.25) is 4.79 Å². The summed E-state index contributed by atoms with van der Waals surface area (Å²) in [6.45, 7) is 6.23. The number of likely N-dealkylation sites (tertiary alicyclic amines) is 1. The zero-order valence-electron chi connectivity index (χ0n) is 14.9. The van der Waals surface area contributed by atoms with Gasteiger partial charge in [-0.1, -0.05) is 19.1 Å². The molecule has 132 valence electrons. The van der Waals surface area contributed by atoms with Crippen molar-refractivity contribution in [3.63, 3.8) is 0 Å². The Labute approximate surface area is 149 Å². The Hall–Kier alpha value is -2.27. The molecule has 5 heteroatoms. The summed E-state index contributed by atoms with van der Waals surface area (Å²) >= 11 is 0. The minimum atomic E-state index is 0.0618. The molecule has 0 spiro atoms. The lowest BCUT2D eigenvalue weighted by Crippen LogP contribution is -2.43. The topological polar surface area (TPSA) is 55.3 Å². The molecule has 1 fully saturated rings. The van der Waals surface area contributed by atoms with Crippen LogP contribution >= 0.6 is 0 Å². The SMILES string of the molecule is CCCO[C@H]1CCCN(C(=O)c2cccc(-c3ccc(C)nn3)c2)C1. The zero-order chi connectivity index (χ0) is 17.6. The molecule has 0 radical (unpaired) electrons. The molecule has 5 nitrogen and oxygen atoms in total. The van der Waals surface area contributed by atoms with E-state index in [4.69, 9.17) is 4.74 Å². The van der Waals surface area contributed by atoms with Crippen LogP contribution in [0.3, 0.4) is 0 Å². The van der Waals surface area contributed by atoms with Gasteiger partial charge in [0.05, 0.1) is 17.5 Å². The first-order chi connectivity index (χ1) is 12.2. The largest absolute Gasteiger partial charge is 0.376 e. The van der Waals surface area contributed by atoms with Gasteiger partial charge in [0, 0.05) is 30.8 Å². The number of piperidine rings is 1. The van der Waals surface area contributed by atoms with Crippen LogP contribution in [0.5, 0.6) is 0 Å². The molecule has 0 N–H and O–H groups in total. The van der Waals surface area contributed by atoms with Gasteiger partial charge in [-0.05, 0) is 50.5 Å². The molecule has 1 aromatic carbocycles. The van der Waals surface area contributed by atoms with Crippen molar-refractivity contribution in [1.82, 2.24) is 15.1 Å². The molecule has 3 rings (SSSR count). The summed E-state index contributed by atoms with van der Waals surface area (Å²) in [5, 5.41) is 8.31. The Kier molecular flexibility index (Phi) is 5.76. The van der Waals surface area contributed by atoms with Gasteiger partial charge in [0.1, 0.15) is 0 Å². The van der Waals surface area contributed by atoms with E-state index in [-0.39, 0.29) is 12.0 Å². The molecule has 2 aromatic rings. The summed E-state index contributed by atoms with van der Waals surface area (Å²) in [6, 6.07) is 11.5. The first-order valence-electron chi connectivity index (χ1n) is 8.99. The second kappa shape index (κ2) is 8.21. The second-order valence-corrected chi connectivity index (χ2v) is 6.53. The van der Waals surface area contributed by atoms with Crippen molar-refractivity contribution < 1.29 is 9.53 Å². The van der Waals surface area contributed by atoms with E-state index in [0.717, 1.165) is 49.4 Å². The van der Waals surface area contributed by atoms with Crippen molar-refractivity contribution in [2.45, 2.75) is 39.2 Å². The lowest BCUT2D eigenvalue weighted by molar-refractivity contribution is 0.00211. The van der Waals surface area contributed by atoms with Crippen LogP contribution in [-0.4, -0.2) is 46.8 Å². The van der Waals surface area contributed by atoms with Gasteiger partial charge < -0.3 is 9.64 Å². The number of benzene rings is 1. The van der Waals surface area contributed by atoms with E-state index in [9.17, 15) is 4.79 Å². The third-order valence-corrected chi connectivity index (χ3v) is 4.43. The number of carbonyl (C=O) groups excluding carboxylic acids is 1. The van der Waals surface area contributed by atoms with E-state index in [0.29, 0.717) is 12.1 Å². The molecule has 2 heterocycles. The average molecular weight is 339 g/mol. The highest BCUT2D eigenvalue weighted by atomic mass is 16.5. The predicted molar refractivity (Wildman–Crippen MR) is 97.4 cm³/mol. The third kappa shape index (κ3) is 4.42. The molecule has 0 aliphatic carbocycles. The average Bonchev–Trinajstić information content (AvgIpc) is 2.66. The van der Waals surface area contributed by atoms with Crippen LogP contribution in [0.2, 0.25) is 0 Å². The molecule has 1 amide bonds. The molecular formula is C20H25N3O2. The van der Waals surface area contributed by atoms with Gasteiger partial charge in [-0.25, -0.2) is 0 Å². The van der Waals surface area contributed by atoms with Crippen molar-refractivity contribution in [1.29, 1.82) is 0 Å². The molecule has 25 heavy (non-hydrogen) atoms. The summed E-state index contributed by atoms with van der Waals surface area (Å²) in [5.41, 5.74) is 3.26. The summed E-state index contributed by atoms with van der Waals surface area (Å²) in [4.78, 5) is 14.8. The summed E-state index contributed by atoms with van der Waals surface area (Å²) < 4.78 is 5.84. The van der Waals surface area contributed by atoms with Gasteiger partial charge in [0.15, 0.2) is 0 Å². The molecule has 0 unspecified atom stereocenters. The van der Waals surface area contributed by atoms with E-state index < -0.39 is 0 Å². The summed E-state index contributed by atoms with van der Waals surface area (Å²) in [5.74, 6) is 0.0618. The van der Waals surface area contributed by atoms with Crippen molar-refractivity contribution in [3.8, 4) is 11.3 Å². The van der Waals surface area contributed by atoms with E-state index in [2.05, 4.69) is 17.1 Å². The monoisotopic (exact) mass is 339 g/mol. The van der Waals surface area contributed by atoms with Crippen molar-refractivity contribution in [2.75, 3.05) is 19.7 Å². The summed E-state index contributed by atoms with van der Waals surface area (Å²) in [6.07, 6.45) is 3.18. The number of rotatable bonds is 5. The van der Waals surface area contributed by atoms with Crippen LogP contribution in [0, 0.1) is 6.92 Å². The van der Waals surface area contributed by atoms with Gasteiger partial charge in [-0.15, -0.1) is 0 Å². The highest BCUT2D eigenvalue weighted by Gasteiger charge is 2.25. The Balaban J connectivity index is 1.73. The van der Waals surface area contributed by atoms with Crippen molar-refractivity contribution in [2.24, 2.45) is 0 Å². The molecule has 0 saturated carbocycles. The van der Waals surface area contributed by atoms with Crippen LogP contribution in [0.15, 0.2) is 36.4 Å². The number of hydrogen-bond donors (Lipinski definition) is 0. The van der Waals surface area contributed by atoms with Crippen molar-refractivity contribution in [3.05, 3.63) is 47.7 Å². The van der Waals surface area contributed by atoms with Gasteiger partial charge >= 0.3 is 0 Å². The van der Waals surface area contributed by atoms with Gasteiger partial charge in [0.2, 0.25) is 0 Å². The van der Waals surface area contributed by atoms with Crippen LogP contribution in [0.25, 0.3) is 11.3 Å². The Bertz CT molecular complexity index is 715. The zero-order valence-corrected chi connectivity index (χ0v) is 14.9. The van der Waals surface area contributed by atoms with Crippen molar-refractivity contribution >= 4 is 5.91 Å². The molecule has 1 aliphatic rings. The Morgan fingerprint density at radius 2 is 2.16 bits per heavy atom. The molecule has 1 saturated heterocycles.